The first-order valence-corrected chi connectivity index (χ1v) is 6.68. The van der Waals surface area contributed by atoms with Crippen LogP contribution in [-0.2, 0) is 14.3 Å². The lowest BCUT2D eigenvalue weighted by Gasteiger charge is -2.29. The van der Waals surface area contributed by atoms with E-state index in [1.165, 1.54) is 0 Å². The van der Waals surface area contributed by atoms with Gasteiger partial charge in [0.05, 0.1) is 25.9 Å². The van der Waals surface area contributed by atoms with Gasteiger partial charge in [-0.1, -0.05) is 0 Å². The number of urea groups is 1. The SMILES string of the molecule is CC(NC(=O)NC1CCOC1)C(=O)N1CCOCC1. The van der Waals surface area contributed by atoms with Crippen LogP contribution in [0.3, 0.4) is 0 Å². The number of carbonyl (C=O) groups excluding carboxylic acids is 2. The van der Waals surface area contributed by atoms with E-state index in [0.717, 1.165) is 6.42 Å². The molecule has 2 atom stereocenters. The highest BCUT2D eigenvalue weighted by Gasteiger charge is 2.25. The Bertz CT molecular complexity index is 325. The fourth-order valence-corrected chi connectivity index (χ4v) is 2.19. The predicted molar refractivity (Wildman–Crippen MR) is 67.8 cm³/mol. The molecule has 2 N–H and O–H groups in total. The van der Waals surface area contributed by atoms with Crippen molar-refractivity contribution in [1.29, 1.82) is 0 Å². The molecular formula is C12H21N3O4. The minimum Gasteiger partial charge on any atom is -0.379 e. The molecule has 0 aromatic heterocycles. The number of ether oxygens (including phenoxy) is 2. The standard InChI is InChI=1S/C12H21N3O4/c1-9(11(16)15-3-6-18-7-4-15)13-12(17)14-10-2-5-19-8-10/h9-10H,2-8H2,1H3,(H2,13,14,17). The van der Waals surface area contributed by atoms with E-state index in [2.05, 4.69) is 10.6 Å². The number of hydrogen-bond acceptors (Lipinski definition) is 4. The van der Waals surface area contributed by atoms with Crippen LogP contribution in [0.1, 0.15) is 13.3 Å². The summed E-state index contributed by atoms with van der Waals surface area (Å²) in [6.45, 7) is 5.20. The molecule has 0 radical (unpaired) electrons. The average molecular weight is 271 g/mol. The molecule has 0 bridgehead atoms. The Morgan fingerprint density at radius 2 is 1.95 bits per heavy atom. The molecule has 108 valence electrons. The van der Waals surface area contributed by atoms with E-state index >= 15 is 0 Å². The fraction of sp³-hybridized carbons (Fsp3) is 0.833. The van der Waals surface area contributed by atoms with Gasteiger partial charge < -0.3 is 25.0 Å². The third kappa shape index (κ3) is 4.07. The summed E-state index contributed by atoms with van der Waals surface area (Å²) >= 11 is 0. The topological polar surface area (TPSA) is 79.9 Å². The molecule has 2 saturated heterocycles. The highest BCUT2D eigenvalue weighted by Crippen LogP contribution is 2.03. The van der Waals surface area contributed by atoms with E-state index in [-0.39, 0.29) is 18.0 Å². The molecule has 0 aromatic carbocycles. The molecule has 2 heterocycles. The van der Waals surface area contributed by atoms with Crippen molar-refractivity contribution in [1.82, 2.24) is 15.5 Å². The maximum Gasteiger partial charge on any atom is 0.315 e. The Kier molecular flexibility index (Phi) is 4.98. The summed E-state index contributed by atoms with van der Waals surface area (Å²) < 4.78 is 10.4. The summed E-state index contributed by atoms with van der Waals surface area (Å²) in [6.07, 6.45) is 0.819. The molecule has 3 amide bonds. The molecule has 7 nitrogen and oxygen atoms in total. The lowest BCUT2D eigenvalue weighted by atomic mass is 10.2. The number of hydrogen-bond donors (Lipinski definition) is 2. The third-order valence-electron chi connectivity index (χ3n) is 3.31. The molecule has 0 aliphatic carbocycles. The Labute approximate surface area is 112 Å². The number of morpholine rings is 1. The maximum absolute atomic E-state index is 12.1. The van der Waals surface area contributed by atoms with Gasteiger partial charge in [0.25, 0.3) is 0 Å². The lowest BCUT2D eigenvalue weighted by Crippen LogP contribution is -2.53. The molecule has 2 fully saturated rings. The summed E-state index contributed by atoms with van der Waals surface area (Å²) in [5.41, 5.74) is 0. The number of amides is 3. The van der Waals surface area contributed by atoms with E-state index in [9.17, 15) is 9.59 Å². The maximum atomic E-state index is 12.1. The van der Waals surface area contributed by atoms with Gasteiger partial charge in [-0.2, -0.15) is 0 Å². The van der Waals surface area contributed by atoms with Crippen molar-refractivity contribution in [2.75, 3.05) is 39.5 Å². The first kappa shape index (κ1) is 14.1. The Hall–Kier alpha value is -1.34. The van der Waals surface area contributed by atoms with Gasteiger partial charge in [0.15, 0.2) is 0 Å². The van der Waals surface area contributed by atoms with Gasteiger partial charge >= 0.3 is 6.03 Å². The van der Waals surface area contributed by atoms with Gasteiger partial charge in [0.2, 0.25) is 5.91 Å². The molecule has 2 unspecified atom stereocenters. The van der Waals surface area contributed by atoms with Gasteiger partial charge in [-0.3, -0.25) is 4.79 Å². The molecular weight excluding hydrogens is 250 g/mol. The Morgan fingerprint density at radius 1 is 1.21 bits per heavy atom. The number of nitrogens with one attached hydrogen (secondary N) is 2. The van der Waals surface area contributed by atoms with E-state index < -0.39 is 6.04 Å². The number of nitrogens with zero attached hydrogens (tertiary/aromatic N) is 1. The second-order valence-electron chi connectivity index (χ2n) is 4.84. The fourth-order valence-electron chi connectivity index (χ4n) is 2.19. The van der Waals surface area contributed by atoms with Gasteiger partial charge in [-0.25, -0.2) is 4.79 Å². The highest BCUT2D eigenvalue weighted by atomic mass is 16.5. The molecule has 7 heteroatoms. The van der Waals surface area contributed by atoms with Crippen LogP contribution in [0.15, 0.2) is 0 Å². The molecule has 0 spiro atoms. The van der Waals surface area contributed by atoms with Crippen molar-refractivity contribution < 1.29 is 19.1 Å². The van der Waals surface area contributed by atoms with Crippen LogP contribution >= 0.6 is 0 Å². The van der Waals surface area contributed by atoms with Crippen molar-refractivity contribution in [3.8, 4) is 0 Å². The second kappa shape index (κ2) is 6.72. The number of rotatable bonds is 3. The van der Waals surface area contributed by atoms with Crippen LogP contribution in [0.4, 0.5) is 4.79 Å². The minimum atomic E-state index is -0.527. The van der Waals surface area contributed by atoms with Gasteiger partial charge in [-0.05, 0) is 13.3 Å². The van der Waals surface area contributed by atoms with Crippen molar-refractivity contribution in [2.24, 2.45) is 0 Å². The van der Waals surface area contributed by atoms with Crippen LogP contribution in [0.25, 0.3) is 0 Å². The average Bonchev–Trinajstić information content (AvgIpc) is 2.91. The first-order valence-electron chi connectivity index (χ1n) is 6.68. The van der Waals surface area contributed by atoms with Crippen LogP contribution < -0.4 is 10.6 Å². The monoisotopic (exact) mass is 271 g/mol. The zero-order valence-electron chi connectivity index (χ0n) is 11.2. The second-order valence-corrected chi connectivity index (χ2v) is 4.84. The highest BCUT2D eigenvalue weighted by molar-refractivity contribution is 5.86. The van der Waals surface area contributed by atoms with Crippen LogP contribution in [0.2, 0.25) is 0 Å². The predicted octanol–water partition coefficient (Wildman–Crippen LogP) is -0.678. The Balaban J connectivity index is 1.73. The van der Waals surface area contributed by atoms with E-state index in [1.54, 1.807) is 11.8 Å². The summed E-state index contributed by atoms with van der Waals surface area (Å²) in [5, 5.41) is 5.46. The van der Waals surface area contributed by atoms with Gasteiger partial charge in [-0.15, -0.1) is 0 Å². The summed E-state index contributed by atoms with van der Waals surface area (Å²) in [5.74, 6) is -0.0684. The Morgan fingerprint density at radius 3 is 2.58 bits per heavy atom. The third-order valence-corrected chi connectivity index (χ3v) is 3.31. The normalized spacial score (nSPS) is 24.9. The van der Waals surface area contributed by atoms with Crippen molar-refractivity contribution in [3.63, 3.8) is 0 Å². The number of carbonyl (C=O) groups is 2. The summed E-state index contributed by atoms with van der Waals surface area (Å²) in [7, 11) is 0. The quantitative estimate of drug-likeness (QED) is 0.713. The van der Waals surface area contributed by atoms with Gasteiger partial charge in [0.1, 0.15) is 6.04 Å². The van der Waals surface area contributed by atoms with Crippen LogP contribution in [0.5, 0.6) is 0 Å². The summed E-state index contributed by atoms with van der Waals surface area (Å²) in [6, 6.07) is -0.796. The minimum absolute atomic E-state index is 0.0469. The van der Waals surface area contributed by atoms with Crippen molar-refractivity contribution >= 4 is 11.9 Å². The largest absolute Gasteiger partial charge is 0.379 e. The zero-order chi connectivity index (χ0) is 13.7. The smallest absolute Gasteiger partial charge is 0.315 e. The molecule has 0 aromatic rings. The summed E-state index contributed by atoms with van der Waals surface area (Å²) in [4.78, 5) is 25.5. The molecule has 2 rings (SSSR count). The van der Waals surface area contributed by atoms with Crippen molar-refractivity contribution in [3.05, 3.63) is 0 Å². The zero-order valence-corrected chi connectivity index (χ0v) is 11.2. The molecule has 2 aliphatic rings. The van der Waals surface area contributed by atoms with Crippen molar-refractivity contribution in [2.45, 2.75) is 25.4 Å². The van der Waals surface area contributed by atoms with Crippen LogP contribution in [-0.4, -0.2) is 68.4 Å². The van der Waals surface area contributed by atoms with Crippen LogP contribution in [0, 0.1) is 0 Å². The molecule has 0 saturated carbocycles. The molecule has 19 heavy (non-hydrogen) atoms. The van der Waals surface area contributed by atoms with E-state index in [1.807, 2.05) is 0 Å². The van der Waals surface area contributed by atoms with E-state index in [4.69, 9.17) is 9.47 Å². The molecule has 2 aliphatic heterocycles. The van der Waals surface area contributed by atoms with E-state index in [0.29, 0.717) is 39.5 Å². The lowest BCUT2D eigenvalue weighted by molar-refractivity contribution is -0.136. The first-order chi connectivity index (χ1) is 9.16. The van der Waals surface area contributed by atoms with Gasteiger partial charge in [0, 0.05) is 19.7 Å².